The summed E-state index contributed by atoms with van der Waals surface area (Å²) in [6, 6.07) is 8.07. The van der Waals surface area contributed by atoms with E-state index in [1.165, 1.54) is 12.1 Å². The van der Waals surface area contributed by atoms with Gasteiger partial charge in [-0.1, -0.05) is 19.1 Å². The molecule has 0 spiro atoms. The van der Waals surface area contributed by atoms with Crippen LogP contribution in [-0.4, -0.2) is 9.97 Å². The number of aromatic amines is 1. The summed E-state index contributed by atoms with van der Waals surface area (Å²) in [5.74, 6) is 0.596. The molecule has 0 fully saturated rings. The maximum atomic E-state index is 12.8. The molecule has 2 aromatic rings. The molecule has 0 aliphatic heterocycles. The van der Waals surface area contributed by atoms with Gasteiger partial charge in [-0.25, -0.2) is 9.37 Å². The number of aryl methyl sites for hydroxylation is 1. The van der Waals surface area contributed by atoms with Crippen LogP contribution in [0.1, 0.15) is 12.7 Å². The average Bonchev–Trinajstić information content (AvgIpc) is 2.29. The van der Waals surface area contributed by atoms with Gasteiger partial charge in [-0.15, -0.1) is 0 Å². The SMILES string of the molecule is CCc1nc(=S)cc(-c2ccc(F)cc2)[nH]1. The second kappa shape index (κ2) is 4.53. The molecule has 1 aromatic carbocycles. The number of aromatic nitrogens is 2. The van der Waals surface area contributed by atoms with E-state index in [1.54, 1.807) is 18.2 Å². The molecule has 82 valence electrons. The van der Waals surface area contributed by atoms with Gasteiger partial charge in [0.15, 0.2) is 0 Å². The van der Waals surface area contributed by atoms with Crippen LogP contribution in [0.2, 0.25) is 0 Å². The number of halogens is 1. The largest absolute Gasteiger partial charge is 0.343 e. The lowest BCUT2D eigenvalue weighted by atomic mass is 10.1. The third-order valence-corrected chi connectivity index (χ3v) is 2.49. The number of H-pyrrole nitrogens is 1. The maximum absolute atomic E-state index is 12.8. The van der Waals surface area contributed by atoms with Gasteiger partial charge in [0.1, 0.15) is 16.3 Å². The van der Waals surface area contributed by atoms with Crippen LogP contribution >= 0.6 is 12.2 Å². The zero-order chi connectivity index (χ0) is 11.5. The van der Waals surface area contributed by atoms with Crippen molar-refractivity contribution < 1.29 is 4.39 Å². The lowest BCUT2D eigenvalue weighted by Crippen LogP contribution is -1.95. The molecule has 0 saturated carbocycles. The molecule has 4 heteroatoms. The molecule has 0 unspecified atom stereocenters. The van der Waals surface area contributed by atoms with Crippen molar-refractivity contribution >= 4 is 12.2 Å². The summed E-state index contributed by atoms with van der Waals surface area (Å²) in [6.07, 6.45) is 0.790. The Morgan fingerprint density at radius 3 is 2.62 bits per heavy atom. The third-order valence-electron chi connectivity index (χ3n) is 2.28. The van der Waals surface area contributed by atoms with E-state index in [9.17, 15) is 4.39 Å². The van der Waals surface area contributed by atoms with Crippen LogP contribution in [0, 0.1) is 10.5 Å². The van der Waals surface area contributed by atoms with Gasteiger partial charge in [0, 0.05) is 12.1 Å². The van der Waals surface area contributed by atoms with Gasteiger partial charge in [-0.3, -0.25) is 0 Å². The topological polar surface area (TPSA) is 28.7 Å². The van der Waals surface area contributed by atoms with Crippen LogP contribution in [-0.2, 0) is 6.42 Å². The highest BCUT2D eigenvalue weighted by atomic mass is 32.1. The first-order valence-electron chi connectivity index (χ1n) is 5.05. The van der Waals surface area contributed by atoms with Crippen LogP contribution in [0.4, 0.5) is 4.39 Å². The summed E-state index contributed by atoms with van der Waals surface area (Å²) in [5, 5.41) is 0. The summed E-state index contributed by atoms with van der Waals surface area (Å²) < 4.78 is 13.3. The number of nitrogens with zero attached hydrogens (tertiary/aromatic N) is 1. The molecule has 1 aromatic heterocycles. The van der Waals surface area contributed by atoms with Gasteiger partial charge in [0.2, 0.25) is 0 Å². The van der Waals surface area contributed by atoms with Crippen molar-refractivity contribution in [2.75, 3.05) is 0 Å². The fourth-order valence-corrected chi connectivity index (χ4v) is 1.69. The smallest absolute Gasteiger partial charge is 0.130 e. The molecule has 1 N–H and O–H groups in total. The van der Waals surface area contributed by atoms with Crippen LogP contribution in [0.3, 0.4) is 0 Å². The van der Waals surface area contributed by atoms with E-state index in [1.807, 2.05) is 6.92 Å². The summed E-state index contributed by atoms with van der Waals surface area (Å²) in [7, 11) is 0. The molecule has 0 saturated heterocycles. The van der Waals surface area contributed by atoms with Crippen molar-refractivity contribution in [1.82, 2.24) is 9.97 Å². The second-order valence-electron chi connectivity index (χ2n) is 3.44. The Balaban J connectivity index is 2.51. The zero-order valence-corrected chi connectivity index (χ0v) is 9.64. The van der Waals surface area contributed by atoms with Gasteiger partial charge in [-0.2, -0.15) is 0 Å². The Morgan fingerprint density at radius 2 is 2.00 bits per heavy atom. The first kappa shape index (κ1) is 11.0. The summed E-state index contributed by atoms with van der Waals surface area (Å²) in [4.78, 5) is 7.35. The highest BCUT2D eigenvalue weighted by Crippen LogP contribution is 2.17. The highest BCUT2D eigenvalue weighted by molar-refractivity contribution is 7.71. The minimum Gasteiger partial charge on any atom is -0.343 e. The maximum Gasteiger partial charge on any atom is 0.130 e. The van der Waals surface area contributed by atoms with Crippen molar-refractivity contribution in [3.05, 3.63) is 46.6 Å². The van der Waals surface area contributed by atoms with E-state index in [4.69, 9.17) is 12.2 Å². The van der Waals surface area contributed by atoms with Crippen LogP contribution in [0.25, 0.3) is 11.3 Å². The number of rotatable bonds is 2. The molecule has 0 atom stereocenters. The van der Waals surface area contributed by atoms with Gasteiger partial charge in [0.05, 0.1) is 0 Å². The van der Waals surface area contributed by atoms with Gasteiger partial charge in [-0.05, 0) is 35.9 Å². The predicted molar refractivity (Wildman–Crippen MR) is 64.2 cm³/mol. The van der Waals surface area contributed by atoms with Crippen molar-refractivity contribution in [3.8, 4) is 11.3 Å². The lowest BCUT2D eigenvalue weighted by Gasteiger charge is -2.04. The van der Waals surface area contributed by atoms with Crippen molar-refractivity contribution in [1.29, 1.82) is 0 Å². The van der Waals surface area contributed by atoms with Crippen molar-refractivity contribution in [3.63, 3.8) is 0 Å². The number of benzene rings is 1. The fourth-order valence-electron chi connectivity index (χ4n) is 1.46. The Morgan fingerprint density at radius 1 is 1.31 bits per heavy atom. The summed E-state index contributed by atoms with van der Waals surface area (Å²) in [5.41, 5.74) is 1.78. The average molecular weight is 234 g/mol. The minimum absolute atomic E-state index is 0.243. The Hall–Kier alpha value is -1.55. The summed E-state index contributed by atoms with van der Waals surface area (Å²) in [6.45, 7) is 2.00. The molecule has 0 amide bonds. The molecule has 1 heterocycles. The molecule has 0 radical (unpaired) electrons. The molecular weight excluding hydrogens is 223 g/mol. The fraction of sp³-hybridized carbons (Fsp3) is 0.167. The number of hydrogen-bond donors (Lipinski definition) is 1. The monoisotopic (exact) mass is 234 g/mol. The second-order valence-corrected chi connectivity index (χ2v) is 3.86. The summed E-state index contributed by atoms with van der Waals surface area (Å²) >= 11 is 5.07. The number of nitrogens with one attached hydrogen (secondary N) is 1. The van der Waals surface area contributed by atoms with Crippen LogP contribution < -0.4 is 0 Å². The van der Waals surface area contributed by atoms with Gasteiger partial charge >= 0.3 is 0 Å². The van der Waals surface area contributed by atoms with E-state index < -0.39 is 0 Å². The predicted octanol–water partition coefficient (Wildman–Crippen LogP) is 3.51. The normalized spacial score (nSPS) is 10.4. The number of hydrogen-bond acceptors (Lipinski definition) is 2. The van der Waals surface area contributed by atoms with E-state index in [0.717, 1.165) is 23.5 Å². The first-order valence-corrected chi connectivity index (χ1v) is 5.46. The first-order chi connectivity index (χ1) is 7.69. The van der Waals surface area contributed by atoms with E-state index in [0.29, 0.717) is 4.64 Å². The molecule has 0 aliphatic carbocycles. The molecule has 2 nitrogen and oxygen atoms in total. The molecule has 0 aliphatic rings. The quantitative estimate of drug-likeness (QED) is 0.805. The Bertz CT molecular complexity index is 546. The van der Waals surface area contributed by atoms with Gasteiger partial charge < -0.3 is 4.98 Å². The molecular formula is C12H11FN2S. The third kappa shape index (κ3) is 2.33. The van der Waals surface area contributed by atoms with E-state index in [-0.39, 0.29) is 5.82 Å². The van der Waals surface area contributed by atoms with Crippen molar-refractivity contribution in [2.45, 2.75) is 13.3 Å². The molecule has 16 heavy (non-hydrogen) atoms. The Labute approximate surface area is 98.2 Å². The standard InChI is InChI=1S/C12H11FN2S/c1-2-11-14-10(7-12(16)15-11)8-3-5-9(13)6-4-8/h3-7H,2H2,1H3,(H,14,15,16). The van der Waals surface area contributed by atoms with Crippen LogP contribution in [0.5, 0.6) is 0 Å². The van der Waals surface area contributed by atoms with E-state index >= 15 is 0 Å². The minimum atomic E-state index is -0.243. The molecule has 0 bridgehead atoms. The van der Waals surface area contributed by atoms with Crippen LogP contribution in [0.15, 0.2) is 30.3 Å². The zero-order valence-electron chi connectivity index (χ0n) is 8.83. The highest BCUT2D eigenvalue weighted by Gasteiger charge is 2.01. The van der Waals surface area contributed by atoms with E-state index in [2.05, 4.69) is 9.97 Å². The Kier molecular flexibility index (Phi) is 3.10. The van der Waals surface area contributed by atoms with Crippen molar-refractivity contribution in [2.24, 2.45) is 0 Å². The van der Waals surface area contributed by atoms with Gasteiger partial charge in [0.25, 0.3) is 0 Å². The molecule has 2 rings (SSSR count). The lowest BCUT2D eigenvalue weighted by molar-refractivity contribution is 0.628.